The Labute approximate surface area is 209 Å². The maximum Gasteiger partial charge on any atom is 0.573 e. The minimum absolute atomic E-state index is 0.0824. The highest BCUT2D eigenvalue weighted by Crippen LogP contribution is 2.32. The van der Waals surface area contributed by atoms with E-state index in [1.807, 2.05) is 12.1 Å². The number of nitrogens with one attached hydrogen (secondary N) is 2. The normalized spacial score (nSPS) is 11.8. The predicted octanol–water partition coefficient (Wildman–Crippen LogP) is 5.74. The molecule has 0 radical (unpaired) electrons. The van der Waals surface area contributed by atoms with E-state index >= 15 is 0 Å². The molecule has 0 unspecified atom stereocenters. The van der Waals surface area contributed by atoms with Gasteiger partial charge in [-0.15, -0.1) is 13.2 Å². The Kier molecular flexibility index (Phi) is 8.68. The smallest absolute Gasteiger partial charge is 0.490 e. The van der Waals surface area contributed by atoms with Crippen molar-refractivity contribution in [3.63, 3.8) is 0 Å². The Bertz CT molecular complexity index is 1250. The topological polar surface area (TPSA) is 94.4 Å². The van der Waals surface area contributed by atoms with Gasteiger partial charge in [-0.25, -0.2) is 0 Å². The minimum Gasteiger partial charge on any atom is -0.490 e. The van der Waals surface area contributed by atoms with E-state index in [-0.39, 0.29) is 5.02 Å². The van der Waals surface area contributed by atoms with Gasteiger partial charge in [0.15, 0.2) is 0 Å². The first-order valence-corrected chi connectivity index (χ1v) is 11.6. The van der Waals surface area contributed by atoms with Crippen LogP contribution in [0, 0.1) is 0 Å². The van der Waals surface area contributed by atoms with E-state index in [9.17, 15) is 13.2 Å². The van der Waals surface area contributed by atoms with Crippen molar-refractivity contribution >= 4 is 22.5 Å². The van der Waals surface area contributed by atoms with Crippen LogP contribution in [0.1, 0.15) is 18.4 Å². The van der Waals surface area contributed by atoms with Crippen molar-refractivity contribution in [1.82, 2.24) is 20.7 Å². The molecule has 2 N–H and O–H groups in total. The zero-order chi connectivity index (χ0) is 25.4. The summed E-state index contributed by atoms with van der Waals surface area (Å²) in [5.41, 5.74) is 3.37. The standard InChI is InChI=1S/C24H24ClF3N4O4/c25-20-9-16(3-4-22(20)36-24(26,27)28)12-29-5-1-2-6-33-7-8-34-23-11-17(18-13-31-35-15-18)10-21-19(23)14-30-32-21/h3-4,9-11,13-15,29H,1-2,5-8,12H2,(H,30,32). The summed E-state index contributed by atoms with van der Waals surface area (Å²) in [6.45, 7) is 2.63. The lowest BCUT2D eigenvalue weighted by atomic mass is 10.1. The van der Waals surface area contributed by atoms with Crippen molar-refractivity contribution in [1.29, 1.82) is 0 Å². The van der Waals surface area contributed by atoms with Crippen LogP contribution in [0.25, 0.3) is 22.0 Å². The van der Waals surface area contributed by atoms with Gasteiger partial charge in [-0.2, -0.15) is 5.10 Å². The highest BCUT2D eigenvalue weighted by atomic mass is 35.5. The Morgan fingerprint density at radius 3 is 2.67 bits per heavy atom. The Balaban J connectivity index is 1.10. The zero-order valence-electron chi connectivity index (χ0n) is 19.1. The molecule has 0 saturated heterocycles. The van der Waals surface area contributed by atoms with Gasteiger partial charge >= 0.3 is 6.36 Å². The number of rotatable bonds is 13. The summed E-state index contributed by atoms with van der Waals surface area (Å²) in [4.78, 5) is 0. The molecule has 192 valence electrons. The van der Waals surface area contributed by atoms with Crippen LogP contribution in [0.5, 0.6) is 11.5 Å². The third kappa shape index (κ3) is 7.36. The van der Waals surface area contributed by atoms with E-state index in [0.29, 0.717) is 32.1 Å². The molecule has 12 heteroatoms. The van der Waals surface area contributed by atoms with Crippen molar-refractivity contribution < 1.29 is 31.9 Å². The van der Waals surface area contributed by atoms with Crippen LogP contribution >= 0.6 is 11.6 Å². The molecule has 4 rings (SSSR count). The van der Waals surface area contributed by atoms with Gasteiger partial charge in [0.25, 0.3) is 0 Å². The number of benzene rings is 2. The van der Waals surface area contributed by atoms with Crippen LogP contribution in [0.15, 0.2) is 53.5 Å². The van der Waals surface area contributed by atoms with Gasteiger partial charge in [-0.05, 0) is 54.8 Å². The van der Waals surface area contributed by atoms with E-state index in [0.717, 1.165) is 47.0 Å². The van der Waals surface area contributed by atoms with Crippen molar-refractivity contribution in [3.8, 4) is 22.6 Å². The summed E-state index contributed by atoms with van der Waals surface area (Å²) >= 11 is 5.86. The molecule has 0 amide bonds. The number of nitrogens with zero attached hydrogens (tertiary/aromatic N) is 2. The van der Waals surface area contributed by atoms with E-state index in [1.165, 1.54) is 12.1 Å². The molecule has 0 atom stereocenters. The summed E-state index contributed by atoms with van der Waals surface area (Å²) < 4.78 is 57.3. The largest absolute Gasteiger partial charge is 0.573 e. The highest BCUT2D eigenvalue weighted by Gasteiger charge is 2.32. The molecular formula is C24H24ClF3N4O4. The number of aromatic amines is 1. The van der Waals surface area contributed by atoms with Crippen LogP contribution in [-0.4, -0.2) is 48.1 Å². The van der Waals surface area contributed by atoms with Crippen LogP contribution in [0.2, 0.25) is 5.02 Å². The average molecular weight is 525 g/mol. The van der Waals surface area contributed by atoms with Gasteiger partial charge in [0, 0.05) is 18.7 Å². The van der Waals surface area contributed by atoms with Crippen LogP contribution in [0.4, 0.5) is 13.2 Å². The van der Waals surface area contributed by atoms with Crippen molar-refractivity contribution in [2.45, 2.75) is 25.7 Å². The number of halogens is 4. The number of hydrogen-bond donors (Lipinski definition) is 2. The van der Waals surface area contributed by atoms with Gasteiger partial charge in [0.2, 0.25) is 0 Å². The first kappa shape index (κ1) is 25.8. The summed E-state index contributed by atoms with van der Waals surface area (Å²) in [5, 5.41) is 14.8. The quantitative estimate of drug-likeness (QED) is 0.215. The number of alkyl halides is 3. The summed E-state index contributed by atoms with van der Waals surface area (Å²) in [6, 6.07) is 8.09. The molecule has 4 aromatic rings. The summed E-state index contributed by atoms with van der Waals surface area (Å²) in [5.74, 6) is 0.287. The fourth-order valence-corrected chi connectivity index (χ4v) is 3.76. The number of ether oxygens (including phenoxy) is 3. The van der Waals surface area contributed by atoms with Gasteiger partial charge in [0.05, 0.1) is 34.9 Å². The lowest BCUT2D eigenvalue weighted by Gasteiger charge is -2.12. The van der Waals surface area contributed by atoms with Crippen molar-refractivity contribution in [2.75, 3.05) is 26.4 Å². The Hall–Kier alpha value is -3.28. The molecular weight excluding hydrogens is 501 g/mol. The molecule has 36 heavy (non-hydrogen) atoms. The number of unbranched alkanes of at least 4 members (excludes halogenated alkanes) is 1. The zero-order valence-corrected chi connectivity index (χ0v) is 19.9. The monoisotopic (exact) mass is 524 g/mol. The Morgan fingerprint density at radius 2 is 1.89 bits per heavy atom. The number of aromatic nitrogens is 3. The van der Waals surface area contributed by atoms with E-state index in [1.54, 1.807) is 24.7 Å². The van der Waals surface area contributed by atoms with Gasteiger partial charge < -0.3 is 24.1 Å². The second-order valence-electron chi connectivity index (χ2n) is 7.88. The van der Waals surface area contributed by atoms with Gasteiger partial charge in [-0.3, -0.25) is 5.10 Å². The molecule has 0 fully saturated rings. The summed E-state index contributed by atoms with van der Waals surface area (Å²) in [6.07, 6.45) is 1.87. The second kappa shape index (κ2) is 12.1. The van der Waals surface area contributed by atoms with Crippen molar-refractivity contribution in [3.05, 3.63) is 59.6 Å². The number of hydrogen-bond acceptors (Lipinski definition) is 7. The second-order valence-corrected chi connectivity index (χ2v) is 8.28. The van der Waals surface area contributed by atoms with Gasteiger partial charge in [0.1, 0.15) is 24.4 Å². The van der Waals surface area contributed by atoms with Gasteiger partial charge in [-0.1, -0.05) is 22.8 Å². The SMILES string of the molecule is FC(F)(F)Oc1ccc(CNCCCCOCCOc2cc(-c3cnoc3)cc3[nH]ncc23)cc1Cl. The molecule has 0 spiro atoms. The van der Waals surface area contributed by atoms with Crippen LogP contribution in [-0.2, 0) is 11.3 Å². The van der Waals surface area contributed by atoms with E-state index in [4.69, 9.17) is 25.6 Å². The molecule has 0 aliphatic rings. The number of fused-ring (bicyclic) bond motifs is 1. The third-order valence-corrected chi connectivity index (χ3v) is 5.51. The average Bonchev–Trinajstić information content (AvgIpc) is 3.53. The first-order valence-electron chi connectivity index (χ1n) is 11.2. The fourth-order valence-electron chi connectivity index (χ4n) is 3.51. The first-order chi connectivity index (χ1) is 17.4. The fraction of sp³-hybridized carbons (Fsp3) is 0.333. The van der Waals surface area contributed by atoms with Crippen LogP contribution in [0.3, 0.4) is 0 Å². The molecule has 0 aliphatic heterocycles. The molecule has 2 heterocycles. The molecule has 0 aliphatic carbocycles. The van der Waals surface area contributed by atoms with E-state index < -0.39 is 12.1 Å². The van der Waals surface area contributed by atoms with E-state index in [2.05, 4.69) is 25.4 Å². The molecule has 8 nitrogen and oxygen atoms in total. The van der Waals surface area contributed by atoms with Crippen molar-refractivity contribution in [2.24, 2.45) is 0 Å². The number of H-pyrrole nitrogens is 1. The lowest BCUT2D eigenvalue weighted by Crippen LogP contribution is -2.18. The molecule has 2 aromatic carbocycles. The highest BCUT2D eigenvalue weighted by molar-refractivity contribution is 6.32. The van der Waals surface area contributed by atoms with Crippen LogP contribution < -0.4 is 14.8 Å². The Morgan fingerprint density at radius 1 is 1.00 bits per heavy atom. The molecule has 0 bridgehead atoms. The molecule has 2 aromatic heterocycles. The molecule has 0 saturated carbocycles. The minimum atomic E-state index is -4.77. The lowest BCUT2D eigenvalue weighted by molar-refractivity contribution is -0.274. The third-order valence-electron chi connectivity index (χ3n) is 5.21. The maximum atomic E-state index is 12.3. The summed E-state index contributed by atoms with van der Waals surface area (Å²) in [7, 11) is 0. The predicted molar refractivity (Wildman–Crippen MR) is 127 cm³/mol. The maximum absolute atomic E-state index is 12.3.